The highest BCUT2D eigenvalue weighted by Crippen LogP contribution is 2.41. The molecule has 0 bridgehead atoms. The zero-order chi connectivity index (χ0) is 23.5. The largest absolute Gasteiger partial charge is 0.369 e. The van der Waals surface area contributed by atoms with Gasteiger partial charge in [0, 0.05) is 63.7 Å². The standard InChI is InChI=1S/C25H31FN6O2/c26-19-3-5-21(6-4-19)31-16-14-30(15-17-31)11-7-20-18-25(24(34)28-20)8-12-32(13-9-25)23(33)22-2-1-10-27-29-22/h1-6,10,20H,7-9,11-18H2,(H,28,34)/t20-/m0/s1. The van der Waals surface area contributed by atoms with E-state index in [-0.39, 0.29) is 29.1 Å². The molecule has 0 radical (unpaired) electrons. The van der Waals surface area contributed by atoms with Crippen LogP contribution in [0.4, 0.5) is 10.1 Å². The van der Waals surface area contributed by atoms with Gasteiger partial charge in [0.1, 0.15) is 5.82 Å². The van der Waals surface area contributed by atoms with Gasteiger partial charge in [0.05, 0.1) is 5.41 Å². The van der Waals surface area contributed by atoms with Crippen molar-refractivity contribution in [2.45, 2.75) is 31.7 Å². The summed E-state index contributed by atoms with van der Waals surface area (Å²) in [4.78, 5) is 32.1. The number of piperazine rings is 1. The minimum absolute atomic E-state index is 0.113. The summed E-state index contributed by atoms with van der Waals surface area (Å²) >= 11 is 0. The molecule has 180 valence electrons. The summed E-state index contributed by atoms with van der Waals surface area (Å²) < 4.78 is 13.2. The lowest BCUT2D eigenvalue weighted by Gasteiger charge is -2.37. The van der Waals surface area contributed by atoms with Gasteiger partial charge in [-0.2, -0.15) is 5.10 Å². The molecule has 1 spiro atoms. The van der Waals surface area contributed by atoms with Crippen molar-refractivity contribution in [2.75, 3.05) is 50.7 Å². The van der Waals surface area contributed by atoms with E-state index >= 15 is 0 Å². The summed E-state index contributed by atoms with van der Waals surface area (Å²) in [5, 5.41) is 10.9. The number of halogens is 1. The number of anilines is 1. The number of carbonyl (C=O) groups excluding carboxylic acids is 2. The second-order valence-corrected chi connectivity index (χ2v) is 9.65. The molecule has 9 heteroatoms. The molecule has 1 N–H and O–H groups in total. The Kier molecular flexibility index (Phi) is 6.45. The minimum atomic E-state index is -0.356. The van der Waals surface area contributed by atoms with Gasteiger partial charge in [-0.05, 0) is 62.1 Å². The molecular weight excluding hydrogens is 435 g/mol. The first-order valence-corrected chi connectivity index (χ1v) is 12.1. The summed E-state index contributed by atoms with van der Waals surface area (Å²) in [6.45, 7) is 5.85. The second-order valence-electron chi connectivity index (χ2n) is 9.65. The topological polar surface area (TPSA) is 81.7 Å². The fourth-order valence-corrected chi connectivity index (χ4v) is 5.49. The lowest BCUT2D eigenvalue weighted by Crippen LogP contribution is -2.47. The van der Waals surface area contributed by atoms with E-state index in [1.165, 1.54) is 12.1 Å². The number of likely N-dealkylation sites (tertiary alicyclic amines) is 1. The highest BCUT2D eigenvalue weighted by molar-refractivity contribution is 5.92. The van der Waals surface area contributed by atoms with Gasteiger partial charge in [-0.15, -0.1) is 5.10 Å². The maximum atomic E-state index is 13.2. The Morgan fingerprint density at radius 2 is 1.79 bits per heavy atom. The van der Waals surface area contributed by atoms with Gasteiger partial charge in [-0.25, -0.2) is 4.39 Å². The highest BCUT2D eigenvalue weighted by atomic mass is 19.1. The Bertz CT molecular complexity index is 1000. The van der Waals surface area contributed by atoms with Crippen molar-refractivity contribution in [1.82, 2.24) is 25.3 Å². The van der Waals surface area contributed by atoms with E-state index in [0.29, 0.717) is 31.6 Å². The van der Waals surface area contributed by atoms with Crippen molar-refractivity contribution in [3.63, 3.8) is 0 Å². The summed E-state index contributed by atoms with van der Waals surface area (Å²) in [6, 6.07) is 10.3. The van der Waals surface area contributed by atoms with Gasteiger partial charge in [-0.3, -0.25) is 14.5 Å². The van der Waals surface area contributed by atoms with Crippen LogP contribution in [0.25, 0.3) is 0 Å². The molecule has 3 fully saturated rings. The minimum Gasteiger partial charge on any atom is -0.369 e. The van der Waals surface area contributed by atoms with Gasteiger partial charge < -0.3 is 15.1 Å². The van der Waals surface area contributed by atoms with Gasteiger partial charge in [0.15, 0.2) is 5.69 Å². The first kappa shape index (κ1) is 22.7. The average Bonchev–Trinajstić information content (AvgIpc) is 3.18. The first-order valence-electron chi connectivity index (χ1n) is 12.1. The maximum Gasteiger partial charge on any atom is 0.274 e. The Morgan fingerprint density at radius 3 is 2.47 bits per heavy atom. The summed E-state index contributed by atoms with van der Waals surface area (Å²) in [5.74, 6) is -0.176. The van der Waals surface area contributed by atoms with E-state index in [9.17, 15) is 14.0 Å². The molecule has 1 aromatic carbocycles. The summed E-state index contributed by atoms with van der Waals surface area (Å²) in [6.07, 6.45) is 4.71. The quantitative estimate of drug-likeness (QED) is 0.726. The Labute approximate surface area is 199 Å². The van der Waals surface area contributed by atoms with E-state index in [4.69, 9.17) is 0 Å². The van der Waals surface area contributed by atoms with Crippen molar-refractivity contribution in [2.24, 2.45) is 5.41 Å². The lowest BCUT2D eigenvalue weighted by molar-refractivity contribution is -0.129. The van der Waals surface area contributed by atoms with Crippen LogP contribution in [0.5, 0.6) is 0 Å². The number of hydrogen-bond acceptors (Lipinski definition) is 6. The fraction of sp³-hybridized carbons (Fsp3) is 0.520. The monoisotopic (exact) mass is 466 g/mol. The number of hydrogen-bond donors (Lipinski definition) is 1. The lowest BCUT2D eigenvalue weighted by atomic mass is 9.75. The third-order valence-corrected chi connectivity index (χ3v) is 7.61. The third kappa shape index (κ3) is 4.75. The first-order chi connectivity index (χ1) is 16.5. The van der Waals surface area contributed by atoms with Crippen LogP contribution in [0.3, 0.4) is 0 Å². The third-order valence-electron chi connectivity index (χ3n) is 7.61. The SMILES string of the molecule is O=C(c1cccnn1)N1CCC2(CC1)C[C@H](CCN1CCN(c3ccc(F)cc3)CC1)NC2=O. The molecule has 3 aliphatic rings. The number of aromatic nitrogens is 2. The van der Waals surface area contributed by atoms with Crippen LogP contribution >= 0.6 is 0 Å². The van der Waals surface area contributed by atoms with Crippen LogP contribution in [0, 0.1) is 11.2 Å². The molecule has 1 aromatic heterocycles. The molecule has 0 unspecified atom stereocenters. The number of nitrogens with zero attached hydrogens (tertiary/aromatic N) is 5. The van der Waals surface area contributed by atoms with Crippen LogP contribution < -0.4 is 10.2 Å². The fourth-order valence-electron chi connectivity index (χ4n) is 5.49. The van der Waals surface area contributed by atoms with Crippen LogP contribution in [-0.4, -0.2) is 83.7 Å². The van der Waals surface area contributed by atoms with Crippen molar-refractivity contribution in [1.29, 1.82) is 0 Å². The number of amides is 2. The van der Waals surface area contributed by atoms with Gasteiger partial charge in [-0.1, -0.05) is 0 Å². The van der Waals surface area contributed by atoms with Gasteiger partial charge in [0.25, 0.3) is 5.91 Å². The zero-order valence-corrected chi connectivity index (χ0v) is 19.3. The molecule has 4 heterocycles. The van der Waals surface area contributed by atoms with Crippen molar-refractivity contribution >= 4 is 17.5 Å². The van der Waals surface area contributed by atoms with Crippen LogP contribution in [0.1, 0.15) is 36.2 Å². The predicted molar refractivity (Wildman–Crippen MR) is 126 cm³/mol. The highest BCUT2D eigenvalue weighted by Gasteiger charge is 2.48. The molecule has 2 amide bonds. The molecule has 3 aliphatic heterocycles. The molecule has 2 aromatic rings. The van der Waals surface area contributed by atoms with Crippen LogP contribution in [-0.2, 0) is 4.79 Å². The molecule has 5 rings (SSSR count). The molecule has 3 saturated heterocycles. The van der Waals surface area contributed by atoms with E-state index < -0.39 is 0 Å². The van der Waals surface area contributed by atoms with Crippen molar-refractivity contribution in [3.8, 4) is 0 Å². The summed E-state index contributed by atoms with van der Waals surface area (Å²) in [7, 11) is 0. The van der Waals surface area contributed by atoms with Crippen LogP contribution in [0.2, 0.25) is 0 Å². The molecule has 1 atom stereocenters. The number of nitrogens with one attached hydrogen (secondary N) is 1. The van der Waals surface area contributed by atoms with Crippen molar-refractivity contribution < 1.29 is 14.0 Å². The normalized spacial score (nSPS) is 22.7. The number of piperidine rings is 1. The van der Waals surface area contributed by atoms with E-state index in [2.05, 4.69) is 25.3 Å². The maximum absolute atomic E-state index is 13.2. The zero-order valence-electron chi connectivity index (χ0n) is 19.3. The number of benzene rings is 1. The summed E-state index contributed by atoms with van der Waals surface area (Å²) in [5.41, 5.74) is 1.06. The van der Waals surface area contributed by atoms with Gasteiger partial charge in [0.2, 0.25) is 5.91 Å². The second kappa shape index (κ2) is 9.66. The average molecular weight is 467 g/mol. The van der Waals surface area contributed by atoms with Crippen molar-refractivity contribution in [3.05, 3.63) is 54.1 Å². The molecular formula is C25H31FN6O2. The van der Waals surface area contributed by atoms with Gasteiger partial charge >= 0.3 is 0 Å². The molecule has 8 nitrogen and oxygen atoms in total. The van der Waals surface area contributed by atoms with E-state index in [0.717, 1.165) is 51.3 Å². The van der Waals surface area contributed by atoms with E-state index in [1.807, 2.05) is 12.1 Å². The molecule has 0 saturated carbocycles. The number of carbonyl (C=O) groups is 2. The Morgan fingerprint density at radius 1 is 1.06 bits per heavy atom. The number of rotatable bonds is 5. The smallest absolute Gasteiger partial charge is 0.274 e. The predicted octanol–water partition coefficient (Wildman–Crippen LogP) is 1.94. The molecule has 34 heavy (non-hydrogen) atoms. The van der Waals surface area contributed by atoms with E-state index in [1.54, 1.807) is 23.2 Å². The van der Waals surface area contributed by atoms with Crippen LogP contribution in [0.15, 0.2) is 42.6 Å². The molecule has 0 aliphatic carbocycles. The Hall–Kier alpha value is -3.07. The Balaban J connectivity index is 1.08.